The summed E-state index contributed by atoms with van der Waals surface area (Å²) in [5.41, 5.74) is 12.2. The summed E-state index contributed by atoms with van der Waals surface area (Å²) in [6.07, 6.45) is 0. The molecule has 1 aliphatic rings. The van der Waals surface area contributed by atoms with Crippen molar-refractivity contribution in [2.24, 2.45) is 0 Å². The Labute approximate surface area is 572 Å². The maximum Gasteiger partial charge on any atom is 0.494 e. The number of para-hydroxylation sites is 2. The Morgan fingerprint density at radius 1 is 0.255 bits per heavy atom. The largest absolute Gasteiger partial charge is 0.494 e. The molecule has 10 heteroatoms. The minimum Gasteiger partial charge on any atom is -0.399 e. The second kappa shape index (κ2) is 24.6. The number of fused-ring (bicyclic) bond motifs is 18. The van der Waals surface area contributed by atoms with Crippen molar-refractivity contribution in [2.45, 2.75) is 38.9 Å². The third-order valence-electron chi connectivity index (χ3n) is 19.5. The minimum absolute atomic E-state index is 0.365. The molecule has 5 heterocycles. The maximum absolute atomic E-state index is 6.27. The van der Waals surface area contributed by atoms with Crippen LogP contribution in [-0.4, -0.2) is 48.2 Å². The van der Waals surface area contributed by atoms with Gasteiger partial charge in [0.2, 0.25) is 0 Å². The van der Waals surface area contributed by atoms with Crippen LogP contribution in [0.25, 0.3) is 165 Å². The van der Waals surface area contributed by atoms with Gasteiger partial charge in [-0.05, 0) is 94.4 Å². The van der Waals surface area contributed by atoms with Crippen molar-refractivity contribution >= 4 is 132 Å². The minimum atomic E-state index is -0.379. The molecule has 1 fully saturated rings. The van der Waals surface area contributed by atoms with E-state index >= 15 is 0 Å². The molecule has 0 amide bonds. The van der Waals surface area contributed by atoms with Crippen molar-refractivity contribution in [3.8, 4) is 56.5 Å². The number of rotatable bonds is 6. The Kier molecular flexibility index (Phi) is 15.1. The van der Waals surface area contributed by atoms with Gasteiger partial charge in [-0.1, -0.05) is 297 Å². The fraction of sp³-hybridized carbons (Fsp3) is 0.0682. The summed E-state index contributed by atoms with van der Waals surface area (Å²) >= 11 is 6.16. The van der Waals surface area contributed by atoms with E-state index in [1.807, 2.05) is 84.9 Å². The van der Waals surface area contributed by atoms with Gasteiger partial charge in [0.15, 0.2) is 11.6 Å². The van der Waals surface area contributed by atoms with Gasteiger partial charge in [0.25, 0.3) is 0 Å². The summed E-state index contributed by atoms with van der Waals surface area (Å²) in [6.45, 7) is 8.34. The van der Waals surface area contributed by atoms with Crippen LogP contribution in [0.5, 0.6) is 0 Å². The van der Waals surface area contributed by atoms with Gasteiger partial charge in [0, 0.05) is 70.9 Å². The van der Waals surface area contributed by atoms with Crippen LogP contribution in [0.2, 0.25) is 5.15 Å². The van der Waals surface area contributed by atoms with Crippen LogP contribution in [0, 0.1) is 0 Å². The normalized spacial score (nSPS) is 13.4. The molecule has 19 rings (SSSR count). The molecule has 0 bridgehead atoms. The molecule has 0 radical (unpaired) electrons. The Bertz CT molecular complexity index is 6140. The summed E-state index contributed by atoms with van der Waals surface area (Å²) < 4.78 is 12.5. The number of hydrogen-bond donors (Lipinski definition) is 0. The van der Waals surface area contributed by atoms with Crippen molar-refractivity contribution < 1.29 is 9.31 Å². The van der Waals surface area contributed by atoms with Gasteiger partial charge < -0.3 is 9.31 Å². The summed E-state index contributed by atoms with van der Waals surface area (Å²) in [4.78, 5) is 29.6. The molecule has 1 aliphatic heterocycles. The zero-order chi connectivity index (χ0) is 66.1. The standard InChI is InChI=1S/C41H25N3.C33H28BNO2.C14H9ClN2/c1-2-12-28(13-3-1)41-42-36-21-11-10-20-35(36)39(44-41)27-24-22-26(23-25-27)38-34-19-9-7-17-32(34)37-31-16-6-4-14-29(31)30-15-5-8-18-33(30)40(37)43-38;1-32(2)33(3,4)37-34(36-32)22-19-17-21(18-20-22)30-28-16-10-8-14-26(28)29-25-13-7-5-11-23(25)24-12-6-9-15-27(24)31(29)35-30;15-13-11-8-4-5-9-12(11)16-14(17-13)10-6-2-1-3-7-10/h1-25H;5-20H,1-4H3;1-9H. The van der Waals surface area contributed by atoms with Crippen LogP contribution < -0.4 is 5.46 Å². The van der Waals surface area contributed by atoms with Gasteiger partial charge in [0.1, 0.15) is 5.15 Å². The molecular formula is C88H62BClN6O2. The van der Waals surface area contributed by atoms with E-state index in [4.69, 9.17) is 40.8 Å². The first kappa shape index (κ1) is 60.1. The molecule has 0 spiro atoms. The highest BCUT2D eigenvalue weighted by molar-refractivity contribution is 6.62. The van der Waals surface area contributed by atoms with Crippen molar-refractivity contribution in [1.29, 1.82) is 0 Å². The number of hydrogen-bond acceptors (Lipinski definition) is 8. The lowest BCUT2D eigenvalue weighted by molar-refractivity contribution is 0.00578. The molecule has 0 aliphatic carbocycles. The number of nitrogens with zero attached hydrogens (tertiary/aromatic N) is 6. The van der Waals surface area contributed by atoms with Gasteiger partial charge >= 0.3 is 7.12 Å². The fourth-order valence-corrected chi connectivity index (χ4v) is 14.2. The Morgan fingerprint density at radius 2 is 0.551 bits per heavy atom. The smallest absolute Gasteiger partial charge is 0.399 e. The first-order valence-electron chi connectivity index (χ1n) is 33.1. The molecular weight excluding hydrogens is 1220 g/mol. The van der Waals surface area contributed by atoms with Gasteiger partial charge in [-0.2, -0.15) is 0 Å². The van der Waals surface area contributed by atoms with Crippen LogP contribution in [0.4, 0.5) is 0 Å². The second-order valence-electron chi connectivity index (χ2n) is 25.9. The van der Waals surface area contributed by atoms with E-state index in [1.54, 1.807) is 0 Å². The predicted octanol–water partition coefficient (Wildman–Crippen LogP) is 22.2. The molecule has 8 nitrogen and oxygen atoms in total. The molecule has 466 valence electrons. The van der Waals surface area contributed by atoms with E-state index in [0.717, 1.165) is 99.8 Å². The molecule has 0 unspecified atom stereocenters. The lowest BCUT2D eigenvalue weighted by atomic mass is 9.78. The molecule has 18 aromatic rings. The van der Waals surface area contributed by atoms with Crippen LogP contribution in [-0.2, 0) is 9.31 Å². The average molecular weight is 1280 g/mol. The molecule has 0 N–H and O–H groups in total. The van der Waals surface area contributed by atoms with E-state index in [1.165, 1.54) is 64.6 Å². The second-order valence-corrected chi connectivity index (χ2v) is 26.3. The van der Waals surface area contributed by atoms with Crippen LogP contribution in [0.3, 0.4) is 0 Å². The topological polar surface area (TPSA) is 95.8 Å². The lowest BCUT2D eigenvalue weighted by Gasteiger charge is -2.32. The van der Waals surface area contributed by atoms with Crippen molar-refractivity contribution in [3.63, 3.8) is 0 Å². The molecule has 4 aromatic heterocycles. The summed E-state index contributed by atoms with van der Waals surface area (Å²) in [5.74, 6) is 1.39. The monoisotopic (exact) mass is 1280 g/mol. The highest BCUT2D eigenvalue weighted by Crippen LogP contribution is 2.44. The first-order chi connectivity index (χ1) is 48.0. The zero-order valence-electron chi connectivity index (χ0n) is 54.3. The summed E-state index contributed by atoms with van der Waals surface area (Å²) in [6, 6.07) is 105. The molecule has 0 saturated carbocycles. The summed E-state index contributed by atoms with van der Waals surface area (Å²) in [5, 5.41) is 19.4. The first-order valence-corrected chi connectivity index (χ1v) is 33.5. The van der Waals surface area contributed by atoms with Crippen molar-refractivity contribution in [1.82, 2.24) is 29.9 Å². The SMILES string of the molecule is CC1(C)OB(c2ccc(-c3nc4c5ccccc5c5ccccc5c4c4ccccc34)cc2)OC1(C)C.Clc1nc(-c2ccccc2)nc2ccccc12.c1ccc(-c2nc(-c3ccc(-c4nc5c6ccccc6c6ccccc6c5c5ccccc45)cc3)c3ccccc3n2)cc1. The van der Waals surface area contributed by atoms with Crippen LogP contribution >= 0.6 is 11.6 Å². The quantitative estimate of drug-likeness (QED) is 0.0923. The molecule has 98 heavy (non-hydrogen) atoms. The third-order valence-corrected chi connectivity index (χ3v) is 19.8. The van der Waals surface area contributed by atoms with Gasteiger partial charge in [0.05, 0.1) is 50.4 Å². The van der Waals surface area contributed by atoms with Crippen molar-refractivity contribution in [2.75, 3.05) is 0 Å². The Balaban J connectivity index is 0.000000120. The molecule has 1 saturated heterocycles. The Morgan fingerprint density at radius 3 is 0.980 bits per heavy atom. The average Bonchev–Trinajstić information content (AvgIpc) is 0.948. The fourth-order valence-electron chi connectivity index (χ4n) is 14.0. The number of halogens is 1. The van der Waals surface area contributed by atoms with Crippen LogP contribution in [0.1, 0.15) is 27.7 Å². The Hall–Kier alpha value is -11.6. The van der Waals surface area contributed by atoms with Gasteiger partial charge in [-0.3, -0.25) is 0 Å². The number of pyridine rings is 2. The maximum atomic E-state index is 6.27. The highest BCUT2D eigenvalue weighted by atomic mass is 35.5. The van der Waals surface area contributed by atoms with E-state index in [0.29, 0.717) is 11.0 Å². The molecule has 14 aromatic carbocycles. The van der Waals surface area contributed by atoms with Crippen molar-refractivity contribution in [3.05, 3.63) is 308 Å². The number of aromatic nitrogens is 6. The predicted molar refractivity (Wildman–Crippen MR) is 409 cm³/mol. The lowest BCUT2D eigenvalue weighted by Crippen LogP contribution is -2.41. The summed E-state index contributed by atoms with van der Waals surface area (Å²) in [7, 11) is -0.379. The van der Waals surface area contributed by atoms with E-state index < -0.39 is 0 Å². The third kappa shape index (κ3) is 10.6. The number of benzene rings is 14. The highest BCUT2D eigenvalue weighted by Gasteiger charge is 2.51. The van der Waals surface area contributed by atoms with Crippen LogP contribution in [0.15, 0.2) is 303 Å². The van der Waals surface area contributed by atoms with E-state index in [-0.39, 0.29) is 18.3 Å². The van der Waals surface area contributed by atoms with Gasteiger partial charge in [-0.15, -0.1) is 0 Å². The van der Waals surface area contributed by atoms with Gasteiger partial charge in [-0.25, -0.2) is 29.9 Å². The van der Waals surface area contributed by atoms with E-state index in [9.17, 15) is 0 Å². The van der Waals surface area contributed by atoms with E-state index in [2.05, 4.69) is 256 Å². The molecule has 0 atom stereocenters. The zero-order valence-corrected chi connectivity index (χ0v) is 55.1.